The highest BCUT2D eigenvalue weighted by molar-refractivity contribution is 6.20. The fourth-order valence-electron chi connectivity index (χ4n) is 7.93. The van der Waals surface area contributed by atoms with Gasteiger partial charge < -0.3 is 4.42 Å². The summed E-state index contributed by atoms with van der Waals surface area (Å²) in [7, 11) is 0. The van der Waals surface area contributed by atoms with Gasteiger partial charge in [-0.05, 0) is 108 Å². The molecule has 0 atom stereocenters. The van der Waals surface area contributed by atoms with Crippen molar-refractivity contribution in [2.24, 2.45) is 0 Å². The largest absolute Gasteiger partial charge is 0.456 e. The first-order chi connectivity index (χ1) is 25.3. The Morgan fingerprint density at radius 3 is 1.59 bits per heavy atom. The second-order valence-corrected chi connectivity index (χ2v) is 13.2. The lowest BCUT2D eigenvalue weighted by Gasteiger charge is -2.19. The van der Waals surface area contributed by atoms with Crippen molar-refractivity contribution in [3.63, 3.8) is 0 Å². The lowest BCUT2D eigenvalue weighted by Crippen LogP contribution is -1.92. The molecule has 0 aliphatic rings. The molecule has 51 heavy (non-hydrogen) atoms. The first-order valence-corrected chi connectivity index (χ1v) is 17.5. The van der Waals surface area contributed by atoms with E-state index in [4.69, 9.17) is 4.42 Å². The van der Waals surface area contributed by atoms with E-state index in [-0.39, 0.29) is 0 Å². The van der Waals surface area contributed by atoms with Gasteiger partial charge in [0.2, 0.25) is 0 Å². The van der Waals surface area contributed by atoms with Crippen LogP contribution in [0.5, 0.6) is 0 Å². The van der Waals surface area contributed by atoms with Crippen molar-refractivity contribution < 1.29 is 4.42 Å². The number of fused-ring (bicyclic) bond motifs is 5. The van der Waals surface area contributed by atoms with Gasteiger partial charge in [-0.2, -0.15) is 0 Å². The monoisotopic (exact) mass is 648 g/mol. The zero-order valence-electron chi connectivity index (χ0n) is 27.9. The normalized spacial score (nSPS) is 11.5. The van der Waals surface area contributed by atoms with Crippen LogP contribution in [0.2, 0.25) is 0 Å². The molecule has 1 aromatic heterocycles. The van der Waals surface area contributed by atoms with Crippen LogP contribution in [-0.2, 0) is 0 Å². The average Bonchev–Trinajstić information content (AvgIpc) is 3.58. The van der Waals surface area contributed by atoms with Crippen LogP contribution in [0.15, 0.2) is 199 Å². The van der Waals surface area contributed by atoms with Gasteiger partial charge in [-0.1, -0.05) is 164 Å². The van der Waals surface area contributed by atoms with Crippen LogP contribution >= 0.6 is 0 Å². The number of rotatable bonds is 5. The Labute approximate surface area is 296 Å². The summed E-state index contributed by atoms with van der Waals surface area (Å²) in [5, 5.41) is 7.18. The van der Waals surface area contributed by atoms with E-state index in [2.05, 4.69) is 188 Å². The van der Waals surface area contributed by atoms with E-state index < -0.39 is 0 Å². The highest BCUT2D eigenvalue weighted by atomic mass is 16.3. The summed E-state index contributed by atoms with van der Waals surface area (Å²) < 4.78 is 6.28. The third-order valence-corrected chi connectivity index (χ3v) is 10.3. The van der Waals surface area contributed by atoms with Crippen molar-refractivity contribution >= 4 is 43.5 Å². The lowest BCUT2D eigenvalue weighted by molar-refractivity contribution is 0.669. The van der Waals surface area contributed by atoms with Crippen molar-refractivity contribution in [1.82, 2.24) is 0 Å². The number of para-hydroxylation sites is 1. The average molecular weight is 649 g/mol. The van der Waals surface area contributed by atoms with Crippen LogP contribution in [0.25, 0.3) is 99.1 Å². The molecule has 10 aromatic rings. The molecule has 0 bridgehead atoms. The van der Waals surface area contributed by atoms with Gasteiger partial charge in [0.25, 0.3) is 0 Å². The summed E-state index contributed by atoms with van der Waals surface area (Å²) in [5.74, 6) is 0. The Hall–Kier alpha value is -6.70. The van der Waals surface area contributed by atoms with E-state index >= 15 is 0 Å². The minimum atomic E-state index is 0.903. The molecule has 0 radical (unpaired) electrons. The maximum Gasteiger partial charge on any atom is 0.135 e. The van der Waals surface area contributed by atoms with Gasteiger partial charge in [-0.15, -0.1) is 0 Å². The van der Waals surface area contributed by atoms with Crippen molar-refractivity contribution in [1.29, 1.82) is 0 Å². The summed E-state index contributed by atoms with van der Waals surface area (Å²) in [5.41, 5.74) is 13.9. The molecule has 0 saturated carbocycles. The second kappa shape index (κ2) is 12.0. The van der Waals surface area contributed by atoms with Gasteiger partial charge in [0.15, 0.2) is 0 Å². The second-order valence-electron chi connectivity index (χ2n) is 13.2. The third-order valence-electron chi connectivity index (χ3n) is 10.3. The predicted octanol–water partition coefficient (Wildman–Crippen LogP) is 14.2. The van der Waals surface area contributed by atoms with Crippen molar-refractivity contribution in [2.75, 3.05) is 0 Å². The van der Waals surface area contributed by atoms with E-state index in [1.807, 2.05) is 6.07 Å². The molecule has 238 valence electrons. The molecule has 0 N–H and O–H groups in total. The van der Waals surface area contributed by atoms with E-state index in [9.17, 15) is 0 Å². The van der Waals surface area contributed by atoms with Crippen molar-refractivity contribution in [3.8, 4) is 55.6 Å². The molecule has 0 aliphatic carbocycles. The summed E-state index contributed by atoms with van der Waals surface area (Å²) in [6.07, 6.45) is 0. The van der Waals surface area contributed by atoms with E-state index in [0.29, 0.717) is 0 Å². The Morgan fingerprint density at radius 1 is 0.235 bits per heavy atom. The Kier molecular flexibility index (Phi) is 6.89. The quantitative estimate of drug-likeness (QED) is 0.169. The van der Waals surface area contributed by atoms with Crippen LogP contribution in [0.3, 0.4) is 0 Å². The number of hydrogen-bond donors (Lipinski definition) is 0. The van der Waals surface area contributed by atoms with Crippen LogP contribution < -0.4 is 0 Å². The first-order valence-electron chi connectivity index (χ1n) is 17.5. The first kappa shape index (κ1) is 29.2. The zero-order chi connectivity index (χ0) is 33.7. The highest BCUT2D eigenvalue weighted by Gasteiger charge is 2.19. The molecule has 0 amide bonds. The maximum absolute atomic E-state index is 6.28. The van der Waals surface area contributed by atoms with E-state index in [1.54, 1.807) is 0 Å². The Morgan fingerprint density at radius 2 is 0.784 bits per heavy atom. The van der Waals surface area contributed by atoms with E-state index in [0.717, 1.165) is 21.9 Å². The fourth-order valence-corrected chi connectivity index (χ4v) is 7.93. The van der Waals surface area contributed by atoms with Crippen LogP contribution in [-0.4, -0.2) is 0 Å². The van der Waals surface area contributed by atoms with E-state index in [1.165, 1.54) is 77.2 Å². The predicted molar refractivity (Wildman–Crippen MR) is 216 cm³/mol. The van der Waals surface area contributed by atoms with Gasteiger partial charge in [-0.25, -0.2) is 0 Å². The third kappa shape index (κ3) is 4.94. The summed E-state index contributed by atoms with van der Waals surface area (Å²) in [6.45, 7) is 0. The van der Waals surface area contributed by atoms with Gasteiger partial charge >= 0.3 is 0 Å². The van der Waals surface area contributed by atoms with Crippen molar-refractivity contribution in [3.05, 3.63) is 194 Å². The van der Waals surface area contributed by atoms with Gasteiger partial charge in [0, 0.05) is 10.8 Å². The van der Waals surface area contributed by atoms with Gasteiger partial charge in [0.1, 0.15) is 11.2 Å². The highest BCUT2D eigenvalue weighted by Crippen LogP contribution is 2.46. The molecule has 1 heteroatoms. The smallest absolute Gasteiger partial charge is 0.135 e. The molecule has 1 heterocycles. The van der Waals surface area contributed by atoms with Crippen LogP contribution in [0, 0.1) is 0 Å². The molecular formula is C50H32O. The zero-order valence-corrected chi connectivity index (χ0v) is 27.9. The SMILES string of the molecule is c1ccc(-c2cccc(-c3cccc4c(-c5ccc6oc7ccccc7c6c5)c5cccc(-c6ccccc6-c6ccccc6)c5cc34)c2)cc1. The van der Waals surface area contributed by atoms with Gasteiger partial charge in [0.05, 0.1) is 0 Å². The molecule has 10 rings (SSSR count). The number of hydrogen-bond acceptors (Lipinski definition) is 1. The molecule has 0 unspecified atom stereocenters. The summed E-state index contributed by atoms with van der Waals surface area (Å²) >= 11 is 0. The number of benzene rings is 9. The van der Waals surface area contributed by atoms with Crippen LogP contribution in [0.1, 0.15) is 0 Å². The molecule has 0 aliphatic heterocycles. The van der Waals surface area contributed by atoms with Gasteiger partial charge in [-0.3, -0.25) is 0 Å². The molecule has 0 spiro atoms. The minimum Gasteiger partial charge on any atom is -0.456 e. The molecule has 0 saturated heterocycles. The molecule has 1 nitrogen and oxygen atoms in total. The lowest BCUT2D eigenvalue weighted by atomic mass is 9.84. The van der Waals surface area contributed by atoms with Crippen molar-refractivity contribution in [2.45, 2.75) is 0 Å². The standard InChI is InChI=1S/C50H32O/c1-3-14-33(15-4-1)35-18-11-19-36(30-35)39-23-12-25-43-45(39)32-46-41(40-21-8-7-20-38(40)34-16-5-2-6-17-34)24-13-26-44(46)50(43)37-28-29-49-47(31-37)42-22-9-10-27-48(42)51-49/h1-32H. The Bertz CT molecular complexity index is 2900. The maximum atomic E-state index is 6.28. The number of furan rings is 1. The molecule has 9 aromatic carbocycles. The molecular weight excluding hydrogens is 617 g/mol. The summed E-state index contributed by atoms with van der Waals surface area (Å²) in [6, 6.07) is 70.1. The summed E-state index contributed by atoms with van der Waals surface area (Å²) in [4.78, 5) is 0. The Balaban J connectivity index is 1.30. The minimum absolute atomic E-state index is 0.903. The molecule has 0 fully saturated rings. The fraction of sp³-hybridized carbons (Fsp3) is 0. The van der Waals surface area contributed by atoms with Crippen LogP contribution in [0.4, 0.5) is 0 Å². The topological polar surface area (TPSA) is 13.1 Å².